The van der Waals surface area contributed by atoms with Crippen molar-refractivity contribution >= 4 is 0 Å². The van der Waals surface area contributed by atoms with Crippen molar-refractivity contribution < 1.29 is 19.0 Å². The fourth-order valence-corrected chi connectivity index (χ4v) is 1.79. The van der Waals surface area contributed by atoms with Gasteiger partial charge in [-0.05, 0) is 30.3 Å². The van der Waals surface area contributed by atoms with Gasteiger partial charge in [0.05, 0.1) is 7.11 Å². The second-order valence-electron chi connectivity index (χ2n) is 4.20. The van der Waals surface area contributed by atoms with E-state index in [0.29, 0.717) is 11.3 Å². The fourth-order valence-electron chi connectivity index (χ4n) is 1.79. The Kier molecular flexibility index (Phi) is 5.19. The van der Waals surface area contributed by atoms with Crippen molar-refractivity contribution in [2.24, 2.45) is 0 Å². The number of ether oxygens (including phenoxy) is 2. The average molecular weight is 286 g/mol. The van der Waals surface area contributed by atoms with Crippen LogP contribution in [0, 0.1) is 17.7 Å². The maximum absolute atomic E-state index is 13.5. The minimum absolute atomic E-state index is 0.160. The van der Waals surface area contributed by atoms with Crippen LogP contribution in [0.1, 0.15) is 11.1 Å². The first-order valence-corrected chi connectivity index (χ1v) is 6.38. The lowest BCUT2D eigenvalue weighted by molar-refractivity contribution is 0.289. The highest BCUT2D eigenvalue weighted by atomic mass is 19.1. The summed E-state index contributed by atoms with van der Waals surface area (Å²) in [6.45, 7) is -0.0623. The van der Waals surface area contributed by atoms with Gasteiger partial charge in [0, 0.05) is 11.1 Å². The van der Waals surface area contributed by atoms with Gasteiger partial charge in [-0.25, -0.2) is 4.39 Å². The lowest BCUT2D eigenvalue weighted by Gasteiger charge is -2.10. The van der Waals surface area contributed by atoms with Crippen LogP contribution in [0.25, 0.3) is 0 Å². The molecule has 0 atom stereocenters. The van der Waals surface area contributed by atoms with E-state index in [-0.39, 0.29) is 19.0 Å². The Morgan fingerprint density at radius 2 is 2.00 bits per heavy atom. The molecule has 0 amide bonds. The molecule has 3 nitrogen and oxygen atoms in total. The van der Waals surface area contributed by atoms with Crippen LogP contribution >= 0.6 is 0 Å². The first-order chi connectivity index (χ1) is 10.2. The monoisotopic (exact) mass is 286 g/mol. The van der Waals surface area contributed by atoms with Crippen molar-refractivity contribution in [3.8, 4) is 23.3 Å². The number of benzene rings is 2. The summed E-state index contributed by atoms with van der Waals surface area (Å²) in [6, 6.07) is 11.5. The molecule has 1 N–H and O–H groups in total. The van der Waals surface area contributed by atoms with Crippen LogP contribution in [0.15, 0.2) is 42.5 Å². The summed E-state index contributed by atoms with van der Waals surface area (Å²) in [4.78, 5) is 0. The van der Waals surface area contributed by atoms with Crippen LogP contribution in [0.2, 0.25) is 0 Å². The SMILES string of the molecule is COc1ccc(C#CCO)c(COc2ccccc2F)c1. The van der Waals surface area contributed by atoms with E-state index in [1.807, 2.05) is 0 Å². The van der Waals surface area contributed by atoms with Gasteiger partial charge in [0.15, 0.2) is 11.6 Å². The van der Waals surface area contributed by atoms with Gasteiger partial charge in [-0.3, -0.25) is 0 Å². The van der Waals surface area contributed by atoms with Gasteiger partial charge < -0.3 is 14.6 Å². The van der Waals surface area contributed by atoms with Gasteiger partial charge >= 0.3 is 0 Å². The molecule has 0 radical (unpaired) electrons. The molecule has 0 saturated heterocycles. The minimum atomic E-state index is -0.414. The molecule has 0 unspecified atom stereocenters. The zero-order chi connectivity index (χ0) is 15.1. The number of para-hydroxylation sites is 1. The van der Waals surface area contributed by atoms with Crippen LogP contribution in [0.5, 0.6) is 11.5 Å². The van der Waals surface area contributed by atoms with Gasteiger partial charge in [0.1, 0.15) is 19.0 Å². The van der Waals surface area contributed by atoms with Crippen molar-refractivity contribution in [3.05, 3.63) is 59.4 Å². The lowest BCUT2D eigenvalue weighted by Crippen LogP contribution is -2.00. The van der Waals surface area contributed by atoms with Gasteiger partial charge in [-0.15, -0.1) is 0 Å². The molecule has 2 aromatic carbocycles. The zero-order valence-electron chi connectivity index (χ0n) is 11.6. The third-order valence-corrected chi connectivity index (χ3v) is 2.83. The molecule has 0 saturated carbocycles. The summed E-state index contributed by atoms with van der Waals surface area (Å²) in [7, 11) is 1.57. The van der Waals surface area contributed by atoms with E-state index in [1.54, 1.807) is 43.5 Å². The summed E-state index contributed by atoms with van der Waals surface area (Å²) in [5.41, 5.74) is 1.47. The molecule has 0 heterocycles. The van der Waals surface area contributed by atoms with E-state index < -0.39 is 5.82 Å². The molecule has 0 bridgehead atoms. The molecule has 21 heavy (non-hydrogen) atoms. The van der Waals surface area contributed by atoms with Crippen molar-refractivity contribution in [2.75, 3.05) is 13.7 Å². The number of hydrogen-bond acceptors (Lipinski definition) is 3. The van der Waals surface area contributed by atoms with Gasteiger partial charge in [-0.2, -0.15) is 0 Å². The van der Waals surface area contributed by atoms with Gasteiger partial charge in [0.25, 0.3) is 0 Å². The number of halogens is 1. The van der Waals surface area contributed by atoms with Crippen LogP contribution < -0.4 is 9.47 Å². The van der Waals surface area contributed by atoms with Gasteiger partial charge in [0.2, 0.25) is 0 Å². The molecule has 4 heteroatoms. The lowest BCUT2D eigenvalue weighted by atomic mass is 10.1. The molecule has 2 rings (SSSR count). The molecule has 0 aliphatic carbocycles. The second-order valence-corrected chi connectivity index (χ2v) is 4.20. The summed E-state index contributed by atoms with van der Waals surface area (Å²) >= 11 is 0. The number of aliphatic hydroxyl groups is 1. The maximum Gasteiger partial charge on any atom is 0.165 e. The minimum Gasteiger partial charge on any atom is -0.497 e. The Morgan fingerprint density at radius 1 is 1.19 bits per heavy atom. The Balaban J connectivity index is 2.23. The number of hydrogen-bond donors (Lipinski definition) is 1. The summed E-state index contributed by atoms with van der Waals surface area (Å²) < 4.78 is 24.2. The van der Waals surface area contributed by atoms with Crippen LogP contribution in [-0.2, 0) is 6.61 Å². The topological polar surface area (TPSA) is 38.7 Å². The molecule has 2 aromatic rings. The molecular weight excluding hydrogens is 271 g/mol. The molecule has 0 aromatic heterocycles. The first kappa shape index (κ1) is 14.9. The first-order valence-electron chi connectivity index (χ1n) is 6.38. The molecule has 108 valence electrons. The highest BCUT2D eigenvalue weighted by molar-refractivity contribution is 5.45. The van der Waals surface area contributed by atoms with Crippen LogP contribution in [0.3, 0.4) is 0 Å². The van der Waals surface area contributed by atoms with E-state index in [0.717, 1.165) is 5.56 Å². The van der Waals surface area contributed by atoms with Crippen molar-refractivity contribution in [3.63, 3.8) is 0 Å². The highest BCUT2D eigenvalue weighted by Gasteiger charge is 2.06. The standard InChI is InChI=1S/C17H15FO3/c1-20-15-9-8-13(5-4-10-19)14(11-15)12-21-17-7-3-2-6-16(17)18/h2-3,6-9,11,19H,10,12H2,1H3. The predicted molar refractivity (Wildman–Crippen MR) is 77.7 cm³/mol. The van der Waals surface area contributed by atoms with E-state index in [4.69, 9.17) is 14.6 Å². The molecular formula is C17H15FO3. The average Bonchev–Trinajstić information content (AvgIpc) is 2.52. The number of methoxy groups -OCH3 is 1. The van der Waals surface area contributed by atoms with Crippen molar-refractivity contribution in [2.45, 2.75) is 6.61 Å². The van der Waals surface area contributed by atoms with E-state index in [1.165, 1.54) is 6.07 Å². The third-order valence-electron chi connectivity index (χ3n) is 2.83. The smallest absolute Gasteiger partial charge is 0.165 e. The van der Waals surface area contributed by atoms with Crippen molar-refractivity contribution in [1.29, 1.82) is 0 Å². The zero-order valence-corrected chi connectivity index (χ0v) is 11.6. The molecule has 0 spiro atoms. The Hall–Kier alpha value is -2.51. The number of rotatable bonds is 4. The van der Waals surface area contributed by atoms with E-state index in [2.05, 4.69) is 11.8 Å². The third kappa shape index (κ3) is 3.98. The van der Waals surface area contributed by atoms with Crippen molar-refractivity contribution in [1.82, 2.24) is 0 Å². The van der Waals surface area contributed by atoms with Crippen LogP contribution in [-0.4, -0.2) is 18.8 Å². The fraction of sp³-hybridized carbons (Fsp3) is 0.176. The summed E-state index contributed by atoms with van der Waals surface area (Å²) in [5, 5.41) is 8.78. The predicted octanol–water partition coefficient (Wildman–Crippen LogP) is 2.76. The quantitative estimate of drug-likeness (QED) is 0.878. The highest BCUT2D eigenvalue weighted by Crippen LogP contribution is 2.21. The summed E-state index contributed by atoms with van der Waals surface area (Å²) in [5.74, 6) is 5.85. The molecule has 0 aliphatic rings. The summed E-state index contributed by atoms with van der Waals surface area (Å²) in [6.07, 6.45) is 0. The van der Waals surface area contributed by atoms with Gasteiger partial charge in [-0.1, -0.05) is 24.0 Å². The molecule has 0 aliphatic heterocycles. The second kappa shape index (κ2) is 7.32. The van der Waals surface area contributed by atoms with E-state index in [9.17, 15) is 4.39 Å². The maximum atomic E-state index is 13.5. The van der Waals surface area contributed by atoms with E-state index >= 15 is 0 Å². The Morgan fingerprint density at radius 3 is 2.71 bits per heavy atom. The Labute approximate surface area is 122 Å². The largest absolute Gasteiger partial charge is 0.497 e. The molecule has 0 fully saturated rings. The Bertz CT molecular complexity index is 671. The number of aliphatic hydroxyl groups excluding tert-OH is 1. The normalized spacial score (nSPS) is 9.67. The van der Waals surface area contributed by atoms with Crippen LogP contribution in [0.4, 0.5) is 4.39 Å².